The number of hydrogen-bond acceptors (Lipinski definition) is 6. The lowest BCUT2D eigenvalue weighted by atomic mass is 9.50. The summed E-state index contributed by atoms with van der Waals surface area (Å²) in [6.07, 6.45) is -1.65. The minimum atomic E-state index is -4.38. The maximum absolute atomic E-state index is 15.1. The number of H-pyrrole nitrogens is 1. The molecule has 4 fully saturated rings. The maximum atomic E-state index is 15.1. The number of carbonyl (C=O) groups is 1. The topological polar surface area (TPSA) is 109 Å². The molecule has 0 unspecified atom stereocenters. The summed E-state index contributed by atoms with van der Waals surface area (Å²) in [5.74, 6) is 0.780. The van der Waals surface area contributed by atoms with Crippen LogP contribution in [-0.2, 0) is 11.2 Å². The summed E-state index contributed by atoms with van der Waals surface area (Å²) in [6.45, 7) is 0. The van der Waals surface area contributed by atoms with Gasteiger partial charge in [0.2, 0.25) is 0 Å². The highest BCUT2D eigenvalue weighted by Gasteiger charge is 2.58. The Labute approximate surface area is 196 Å². The molecule has 3 aromatic rings. The Morgan fingerprint density at radius 3 is 2.77 bits per heavy atom. The summed E-state index contributed by atoms with van der Waals surface area (Å²) in [7, 11) is 0. The second-order valence-electron chi connectivity index (χ2n) is 9.82. The van der Waals surface area contributed by atoms with Gasteiger partial charge in [-0.2, -0.15) is 23.4 Å². The van der Waals surface area contributed by atoms with E-state index < -0.39 is 36.9 Å². The van der Waals surface area contributed by atoms with Gasteiger partial charge in [0.05, 0.1) is 12.1 Å². The molecular formula is C22H23F4N7O2. The molecule has 0 saturated heterocycles. The molecule has 0 aromatic carbocycles. The van der Waals surface area contributed by atoms with Gasteiger partial charge in [0, 0.05) is 35.6 Å². The number of anilines is 2. The zero-order chi connectivity index (χ0) is 24.4. The van der Waals surface area contributed by atoms with Gasteiger partial charge in [-0.25, -0.2) is 18.7 Å². The summed E-state index contributed by atoms with van der Waals surface area (Å²) in [6, 6.07) is 2.94. The van der Waals surface area contributed by atoms with Gasteiger partial charge in [-0.1, -0.05) is 0 Å². The smallest absolute Gasteiger partial charge is 0.407 e. The molecule has 0 spiro atoms. The molecule has 3 heterocycles. The number of nitrogens with one attached hydrogen (secondary N) is 3. The lowest BCUT2D eigenvalue weighted by Gasteiger charge is -2.61. The molecule has 3 N–H and O–H groups in total. The van der Waals surface area contributed by atoms with Crippen LogP contribution in [0.5, 0.6) is 0 Å². The van der Waals surface area contributed by atoms with Crippen LogP contribution in [0, 0.1) is 5.92 Å². The Morgan fingerprint density at radius 1 is 1.26 bits per heavy atom. The Balaban J connectivity index is 1.11. The van der Waals surface area contributed by atoms with Gasteiger partial charge in [-0.05, 0) is 44.1 Å². The van der Waals surface area contributed by atoms with E-state index in [1.165, 1.54) is 23.0 Å². The molecule has 1 amide bonds. The molecule has 2 bridgehead atoms. The molecule has 186 valence electrons. The van der Waals surface area contributed by atoms with Crippen molar-refractivity contribution in [3.63, 3.8) is 0 Å². The highest BCUT2D eigenvalue weighted by atomic mass is 19.4. The Bertz CT molecular complexity index is 1260. The number of carbonyl (C=O) groups excluding carboxylic acids is 1. The number of ether oxygens (including phenoxy) is 1. The Kier molecular flexibility index (Phi) is 4.94. The van der Waals surface area contributed by atoms with Crippen molar-refractivity contribution in [2.45, 2.75) is 68.4 Å². The van der Waals surface area contributed by atoms with Crippen LogP contribution in [0.3, 0.4) is 0 Å². The minimum absolute atomic E-state index is 0.130. The van der Waals surface area contributed by atoms with Crippen LogP contribution in [0.4, 0.5) is 34.0 Å². The van der Waals surface area contributed by atoms with Crippen LogP contribution in [0.15, 0.2) is 24.5 Å². The van der Waals surface area contributed by atoms with E-state index in [9.17, 15) is 18.0 Å². The molecular weight excluding hydrogens is 470 g/mol. The molecule has 0 aliphatic heterocycles. The van der Waals surface area contributed by atoms with Crippen LogP contribution in [0.25, 0.3) is 5.52 Å². The number of rotatable bonds is 6. The van der Waals surface area contributed by atoms with E-state index >= 15 is 4.39 Å². The first-order valence-electron chi connectivity index (χ1n) is 11.5. The van der Waals surface area contributed by atoms with Gasteiger partial charge < -0.3 is 15.4 Å². The zero-order valence-electron chi connectivity index (χ0n) is 18.5. The number of halogens is 4. The molecule has 4 aliphatic carbocycles. The van der Waals surface area contributed by atoms with Crippen LogP contribution in [0.2, 0.25) is 0 Å². The van der Waals surface area contributed by atoms with Crippen molar-refractivity contribution in [2.75, 3.05) is 5.32 Å². The standard InChI is InChI=1S/C22H23F4N7O2/c23-18-13(1-2-16(18)35-20(34)29-21-7-11(8-21)9-21)14-6-17(31-30-14)28-19-15-5-12(10-22(24,25)26)32-33(15)4-3-27-19/h3-6,11,13,16,18H,1-2,7-10H2,(H,29,34)(H2,27,28,30,31)/t11?,13-,16-,18-,21?/m0/s1. The van der Waals surface area contributed by atoms with Gasteiger partial charge in [0.25, 0.3) is 0 Å². The van der Waals surface area contributed by atoms with Gasteiger partial charge in [0.15, 0.2) is 11.6 Å². The molecule has 4 aliphatic rings. The van der Waals surface area contributed by atoms with E-state index in [-0.39, 0.29) is 17.1 Å². The fourth-order valence-corrected chi connectivity index (χ4v) is 5.46. The molecule has 3 atom stereocenters. The van der Waals surface area contributed by atoms with Crippen molar-refractivity contribution >= 4 is 23.2 Å². The second-order valence-corrected chi connectivity index (χ2v) is 9.82. The fraction of sp³-hybridized carbons (Fsp3) is 0.545. The van der Waals surface area contributed by atoms with E-state index in [1.807, 2.05) is 0 Å². The summed E-state index contributed by atoms with van der Waals surface area (Å²) in [5.41, 5.74) is 0.620. The summed E-state index contributed by atoms with van der Waals surface area (Å²) in [4.78, 5) is 16.4. The largest absolute Gasteiger partial charge is 0.443 e. The molecule has 3 aromatic heterocycles. The SMILES string of the molecule is O=C(NC12CC(C1)C2)O[C@H]1CC[C@@H](c2cc(Nc3nccn4nc(CC(F)(F)F)cc34)n[nH]2)[C@@H]1F. The third kappa shape index (κ3) is 4.16. The molecule has 35 heavy (non-hydrogen) atoms. The van der Waals surface area contributed by atoms with Gasteiger partial charge in [-0.3, -0.25) is 5.10 Å². The van der Waals surface area contributed by atoms with E-state index in [0.29, 0.717) is 35.8 Å². The Morgan fingerprint density at radius 2 is 2.06 bits per heavy atom. The fourth-order valence-electron chi connectivity index (χ4n) is 5.46. The number of alkyl halides is 4. The molecule has 7 rings (SSSR count). The Hall–Kier alpha value is -3.38. The van der Waals surface area contributed by atoms with Crippen molar-refractivity contribution in [1.29, 1.82) is 0 Å². The summed E-state index contributed by atoms with van der Waals surface area (Å²) >= 11 is 0. The van der Waals surface area contributed by atoms with Crippen LogP contribution in [0.1, 0.15) is 49.4 Å². The first kappa shape index (κ1) is 22.1. The number of alkyl carbamates (subject to hydrolysis) is 1. The number of nitrogens with zero attached hydrogens (tertiary/aromatic N) is 4. The number of hydrogen-bond donors (Lipinski definition) is 3. The molecule has 4 saturated carbocycles. The normalized spacial score (nSPS) is 29.5. The van der Waals surface area contributed by atoms with Crippen molar-refractivity contribution in [2.24, 2.45) is 5.92 Å². The molecule has 0 radical (unpaired) electrons. The second kappa shape index (κ2) is 7.82. The molecule has 9 nitrogen and oxygen atoms in total. The van der Waals surface area contributed by atoms with Crippen LogP contribution in [-0.4, -0.2) is 54.9 Å². The first-order chi connectivity index (χ1) is 16.7. The van der Waals surface area contributed by atoms with E-state index in [4.69, 9.17) is 4.74 Å². The number of aromatic nitrogens is 5. The van der Waals surface area contributed by atoms with Crippen molar-refractivity contribution < 1.29 is 27.1 Å². The predicted molar refractivity (Wildman–Crippen MR) is 115 cm³/mol. The highest BCUT2D eigenvalue weighted by molar-refractivity contribution is 5.72. The quantitative estimate of drug-likeness (QED) is 0.445. The van der Waals surface area contributed by atoms with E-state index in [1.54, 1.807) is 6.07 Å². The average Bonchev–Trinajstić information content (AvgIpc) is 3.42. The minimum Gasteiger partial charge on any atom is -0.443 e. The van der Waals surface area contributed by atoms with Crippen molar-refractivity contribution in [3.05, 3.63) is 35.9 Å². The summed E-state index contributed by atoms with van der Waals surface area (Å²) < 4.78 is 60.0. The number of fused-ring (bicyclic) bond motifs is 1. The van der Waals surface area contributed by atoms with Gasteiger partial charge >= 0.3 is 12.3 Å². The lowest BCUT2D eigenvalue weighted by molar-refractivity contribution is -0.127. The monoisotopic (exact) mass is 493 g/mol. The van der Waals surface area contributed by atoms with Crippen LogP contribution >= 0.6 is 0 Å². The predicted octanol–water partition coefficient (Wildman–Crippen LogP) is 4.16. The van der Waals surface area contributed by atoms with Gasteiger partial charge in [-0.15, -0.1) is 0 Å². The van der Waals surface area contributed by atoms with Gasteiger partial charge in [0.1, 0.15) is 17.8 Å². The summed E-state index contributed by atoms with van der Waals surface area (Å²) in [5, 5.41) is 16.7. The highest BCUT2D eigenvalue weighted by Crippen LogP contribution is 2.57. The van der Waals surface area contributed by atoms with E-state index in [0.717, 1.165) is 19.3 Å². The number of amides is 1. The van der Waals surface area contributed by atoms with Crippen molar-refractivity contribution in [1.82, 2.24) is 30.1 Å². The first-order valence-corrected chi connectivity index (χ1v) is 11.5. The number of aromatic amines is 1. The maximum Gasteiger partial charge on any atom is 0.407 e. The van der Waals surface area contributed by atoms with Crippen molar-refractivity contribution in [3.8, 4) is 0 Å². The van der Waals surface area contributed by atoms with Crippen LogP contribution < -0.4 is 10.6 Å². The van der Waals surface area contributed by atoms with E-state index in [2.05, 4.69) is 30.9 Å². The third-order valence-corrected chi connectivity index (χ3v) is 7.23. The zero-order valence-corrected chi connectivity index (χ0v) is 18.5. The molecule has 13 heteroatoms. The third-order valence-electron chi connectivity index (χ3n) is 7.23. The average molecular weight is 493 g/mol. The lowest BCUT2D eigenvalue weighted by Crippen LogP contribution is -2.68.